The van der Waals surface area contributed by atoms with E-state index in [0.717, 1.165) is 17.3 Å². The molecule has 14 heteroatoms. The third kappa shape index (κ3) is 5.02. The van der Waals surface area contributed by atoms with Crippen LogP contribution in [-0.2, 0) is 19.3 Å². The van der Waals surface area contributed by atoms with Gasteiger partial charge in [0.15, 0.2) is 17.5 Å². The fraction of sp³-hybridized carbons (Fsp3) is 0.500. The van der Waals surface area contributed by atoms with Crippen LogP contribution in [0.25, 0.3) is 5.69 Å². The Morgan fingerprint density at radius 3 is 2.30 bits per heavy atom. The Balaban J connectivity index is 1.25. The molecule has 0 amide bonds. The first kappa shape index (κ1) is 27.3. The maximum Gasteiger partial charge on any atom is 0.433 e. The molecule has 4 heterocycles. The molecule has 1 aliphatic carbocycles. The van der Waals surface area contributed by atoms with Crippen molar-refractivity contribution in [1.82, 2.24) is 24.6 Å². The summed E-state index contributed by atoms with van der Waals surface area (Å²) in [5.74, 6) is -1.34. The zero-order valence-corrected chi connectivity index (χ0v) is 21.7. The summed E-state index contributed by atoms with van der Waals surface area (Å²) in [7, 11) is 0. The van der Waals surface area contributed by atoms with E-state index in [9.17, 15) is 30.7 Å². The third-order valence-electron chi connectivity index (χ3n) is 8.13. The van der Waals surface area contributed by atoms with Crippen molar-refractivity contribution in [1.29, 1.82) is 0 Å². The molecule has 2 aliphatic heterocycles. The molecule has 6 rings (SSSR count). The summed E-state index contributed by atoms with van der Waals surface area (Å²) in [6, 6.07) is 6.53. The molecule has 3 aliphatic rings. The van der Waals surface area contributed by atoms with Gasteiger partial charge in [0, 0.05) is 36.6 Å². The maximum absolute atomic E-state index is 14.4. The first-order chi connectivity index (χ1) is 18.9. The highest BCUT2D eigenvalue weighted by molar-refractivity contribution is 6.30. The number of piperidine rings is 1. The van der Waals surface area contributed by atoms with Gasteiger partial charge >= 0.3 is 12.4 Å². The number of hydrogen-bond donors (Lipinski definition) is 0. The van der Waals surface area contributed by atoms with Gasteiger partial charge in [-0.2, -0.15) is 26.3 Å². The van der Waals surface area contributed by atoms with Crippen molar-refractivity contribution in [3.8, 4) is 5.69 Å². The molecule has 1 saturated heterocycles. The summed E-state index contributed by atoms with van der Waals surface area (Å²) in [5, 5.41) is 9.36. The number of rotatable bonds is 3. The fourth-order valence-corrected chi connectivity index (χ4v) is 6.08. The molecule has 0 spiro atoms. The molecular formula is C26H24ClF7N6. The quantitative estimate of drug-likeness (QED) is 0.326. The average molecular weight is 589 g/mol. The number of anilines is 1. The lowest BCUT2D eigenvalue weighted by molar-refractivity contribution is -0.207. The second kappa shape index (κ2) is 9.86. The number of aromatic nitrogens is 4. The minimum absolute atomic E-state index is 0.0268. The largest absolute Gasteiger partial charge is 0.433 e. The van der Waals surface area contributed by atoms with Crippen LogP contribution in [0.15, 0.2) is 30.3 Å². The summed E-state index contributed by atoms with van der Waals surface area (Å²) in [6.07, 6.45) is -7.90. The van der Waals surface area contributed by atoms with Gasteiger partial charge in [0.1, 0.15) is 11.5 Å². The zero-order chi connectivity index (χ0) is 28.4. The van der Waals surface area contributed by atoms with Crippen LogP contribution in [0.2, 0.25) is 5.02 Å². The lowest BCUT2D eigenvalue weighted by Crippen LogP contribution is -2.48. The average Bonchev–Trinajstić information content (AvgIpc) is 3.18. The van der Waals surface area contributed by atoms with Crippen molar-refractivity contribution in [3.05, 3.63) is 64.1 Å². The molecule has 1 saturated carbocycles. The number of nitrogens with zero attached hydrogens (tertiary/aromatic N) is 6. The van der Waals surface area contributed by atoms with Crippen molar-refractivity contribution < 1.29 is 30.7 Å². The van der Waals surface area contributed by atoms with Crippen LogP contribution in [0.3, 0.4) is 0 Å². The number of halogens is 8. The predicted octanol–water partition coefficient (Wildman–Crippen LogP) is 6.51. The Kier molecular flexibility index (Phi) is 6.72. The molecule has 1 aromatic carbocycles. The smallest absolute Gasteiger partial charge is 0.354 e. The summed E-state index contributed by atoms with van der Waals surface area (Å²) < 4.78 is 95.2. The highest BCUT2D eigenvalue weighted by atomic mass is 35.5. The van der Waals surface area contributed by atoms with E-state index in [0.29, 0.717) is 48.7 Å². The summed E-state index contributed by atoms with van der Waals surface area (Å²) >= 11 is 6.28. The van der Waals surface area contributed by atoms with Crippen molar-refractivity contribution in [2.45, 2.75) is 63.1 Å². The van der Waals surface area contributed by atoms with E-state index >= 15 is 0 Å². The lowest BCUT2D eigenvalue weighted by atomic mass is 9.78. The van der Waals surface area contributed by atoms with E-state index in [1.165, 1.54) is 4.90 Å². The molecule has 0 N–H and O–H groups in total. The summed E-state index contributed by atoms with van der Waals surface area (Å²) in [4.78, 5) is 7.03. The van der Waals surface area contributed by atoms with E-state index in [-0.39, 0.29) is 43.7 Å². The Bertz CT molecular complexity index is 1410. The number of pyridine rings is 1. The molecular weight excluding hydrogens is 565 g/mol. The Hall–Kier alpha value is -2.93. The van der Waals surface area contributed by atoms with E-state index in [4.69, 9.17) is 11.6 Å². The van der Waals surface area contributed by atoms with Gasteiger partial charge in [-0.05, 0) is 61.6 Å². The van der Waals surface area contributed by atoms with Gasteiger partial charge in [-0.1, -0.05) is 11.6 Å². The van der Waals surface area contributed by atoms with Gasteiger partial charge in [0.2, 0.25) is 0 Å². The van der Waals surface area contributed by atoms with E-state index in [1.54, 1.807) is 12.1 Å². The van der Waals surface area contributed by atoms with Gasteiger partial charge in [0.25, 0.3) is 0 Å². The van der Waals surface area contributed by atoms with Gasteiger partial charge in [0.05, 0.1) is 18.2 Å². The van der Waals surface area contributed by atoms with Crippen LogP contribution in [-0.4, -0.2) is 50.0 Å². The third-order valence-corrected chi connectivity index (χ3v) is 8.36. The number of hydrogen-bond acceptors (Lipinski definition) is 5. The molecule has 214 valence electrons. The van der Waals surface area contributed by atoms with Crippen molar-refractivity contribution in [2.75, 3.05) is 18.0 Å². The van der Waals surface area contributed by atoms with Gasteiger partial charge in [-0.3, -0.25) is 9.47 Å². The van der Waals surface area contributed by atoms with E-state index in [2.05, 4.69) is 15.2 Å². The normalized spacial score (nSPS) is 22.4. The van der Waals surface area contributed by atoms with Crippen LogP contribution in [0.4, 0.5) is 36.6 Å². The minimum atomic E-state index is -4.68. The molecule has 6 nitrogen and oxygen atoms in total. The van der Waals surface area contributed by atoms with Gasteiger partial charge in [-0.25, -0.2) is 9.37 Å². The predicted molar refractivity (Wildman–Crippen MR) is 132 cm³/mol. The highest BCUT2D eigenvalue weighted by Gasteiger charge is 2.50. The summed E-state index contributed by atoms with van der Waals surface area (Å²) in [6.45, 7) is 1.25. The monoisotopic (exact) mass is 588 g/mol. The van der Waals surface area contributed by atoms with Crippen LogP contribution >= 0.6 is 11.6 Å². The van der Waals surface area contributed by atoms with Crippen LogP contribution in [0, 0.1) is 11.7 Å². The van der Waals surface area contributed by atoms with Crippen LogP contribution < -0.4 is 4.90 Å². The molecule has 2 aromatic heterocycles. The van der Waals surface area contributed by atoms with Gasteiger partial charge in [-0.15, -0.1) is 10.2 Å². The SMILES string of the molecule is Fc1ccc(C(F)(F)F)nc1N1CCC(c2nnc3n2-c2ccc(Cl)cc2CN(C2CC(C(F)(F)F)C2)C3)CC1. The number of alkyl halides is 6. The van der Waals surface area contributed by atoms with Crippen LogP contribution in [0.1, 0.15) is 54.5 Å². The molecule has 0 atom stereocenters. The first-order valence-electron chi connectivity index (χ1n) is 12.9. The van der Waals surface area contributed by atoms with Gasteiger partial charge < -0.3 is 4.90 Å². The lowest BCUT2D eigenvalue weighted by Gasteiger charge is -2.43. The zero-order valence-electron chi connectivity index (χ0n) is 21.0. The standard InChI is InChI=1S/C26H24ClF7N6/c27-17-1-3-20-15(9-17)12-39(18-10-16(11-18)25(29,30)31)13-22-36-37-23(40(20)22)14-5-7-38(8-6-14)24-19(28)2-4-21(35-24)26(32,33)34/h1-4,9,14,16,18H,5-8,10-13H2. The topological polar surface area (TPSA) is 50.1 Å². The Labute approximate surface area is 229 Å². The van der Waals surface area contributed by atoms with Crippen molar-refractivity contribution in [3.63, 3.8) is 0 Å². The Morgan fingerprint density at radius 1 is 0.900 bits per heavy atom. The van der Waals surface area contributed by atoms with Crippen molar-refractivity contribution >= 4 is 17.4 Å². The van der Waals surface area contributed by atoms with Crippen LogP contribution in [0.5, 0.6) is 0 Å². The summed E-state index contributed by atoms with van der Waals surface area (Å²) in [5.41, 5.74) is 0.485. The number of fused-ring (bicyclic) bond motifs is 3. The Morgan fingerprint density at radius 2 is 1.62 bits per heavy atom. The first-order valence-corrected chi connectivity index (χ1v) is 13.3. The molecule has 40 heavy (non-hydrogen) atoms. The van der Waals surface area contributed by atoms with Crippen molar-refractivity contribution in [2.24, 2.45) is 5.92 Å². The minimum Gasteiger partial charge on any atom is -0.354 e. The molecule has 0 unspecified atom stereocenters. The number of benzene rings is 1. The molecule has 3 aromatic rings. The second-order valence-electron chi connectivity index (χ2n) is 10.6. The van der Waals surface area contributed by atoms with E-state index in [1.807, 2.05) is 15.5 Å². The molecule has 0 radical (unpaired) electrons. The maximum atomic E-state index is 14.4. The fourth-order valence-electron chi connectivity index (χ4n) is 5.89. The second-order valence-corrected chi connectivity index (χ2v) is 11.0. The molecule has 2 fully saturated rings. The molecule has 0 bridgehead atoms. The highest BCUT2D eigenvalue weighted by Crippen LogP contribution is 2.45. The van der Waals surface area contributed by atoms with E-state index < -0.39 is 29.8 Å².